The van der Waals surface area contributed by atoms with Crippen molar-refractivity contribution in [2.45, 2.75) is 52.4 Å². The Morgan fingerprint density at radius 2 is 1.65 bits per heavy atom. The van der Waals surface area contributed by atoms with Crippen LogP contribution in [0.4, 0.5) is 0 Å². The minimum atomic E-state index is -0.629. The van der Waals surface area contributed by atoms with Crippen LogP contribution in [0.3, 0.4) is 0 Å². The molecule has 3 heterocycles. The van der Waals surface area contributed by atoms with E-state index in [1.54, 1.807) is 11.0 Å². The summed E-state index contributed by atoms with van der Waals surface area (Å²) in [6, 6.07) is 13.4. The van der Waals surface area contributed by atoms with Crippen LogP contribution in [0, 0.1) is 5.92 Å². The van der Waals surface area contributed by atoms with Gasteiger partial charge in [-0.3, -0.25) is 24.6 Å². The van der Waals surface area contributed by atoms with Crippen LogP contribution in [0.1, 0.15) is 53.7 Å². The van der Waals surface area contributed by atoms with Crippen LogP contribution >= 0.6 is 0 Å². The van der Waals surface area contributed by atoms with Crippen LogP contribution in [-0.4, -0.2) is 71.2 Å². The van der Waals surface area contributed by atoms with E-state index < -0.39 is 11.9 Å². The molecule has 1 atom stereocenters. The van der Waals surface area contributed by atoms with Crippen molar-refractivity contribution in [2.75, 3.05) is 32.7 Å². The van der Waals surface area contributed by atoms with Gasteiger partial charge in [-0.1, -0.05) is 44.2 Å². The predicted octanol–water partition coefficient (Wildman–Crippen LogP) is 2.80. The molecule has 0 radical (unpaired) electrons. The van der Waals surface area contributed by atoms with Gasteiger partial charge in [-0.2, -0.15) is 0 Å². The standard InChI is InChI=1S/C29H36N4O4/c1-20(2)16-31-12-14-32(15-13-31)17-21-6-8-22(9-7-21)19-37-26-5-3-4-23-24(26)18-33(29(23)36)25-10-11-27(34)30-28(25)35/h3-9,20,25H,10-19H2,1-2H3,(H,30,34,35). The van der Waals surface area contributed by atoms with Gasteiger partial charge in [-0.15, -0.1) is 0 Å². The van der Waals surface area contributed by atoms with E-state index in [1.807, 2.05) is 12.1 Å². The number of carbonyl (C=O) groups excluding carboxylic acids is 3. The first kappa shape index (κ1) is 25.4. The number of piperidine rings is 1. The van der Waals surface area contributed by atoms with Gasteiger partial charge in [0.05, 0.1) is 6.54 Å². The molecule has 5 rings (SSSR count). The highest BCUT2D eigenvalue weighted by Gasteiger charge is 2.40. The Morgan fingerprint density at radius 3 is 2.35 bits per heavy atom. The molecule has 3 aliphatic rings. The molecule has 2 aromatic carbocycles. The fraction of sp³-hybridized carbons (Fsp3) is 0.483. The predicted molar refractivity (Wildman–Crippen MR) is 140 cm³/mol. The number of nitrogens with one attached hydrogen (secondary N) is 1. The van der Waals surface area contributed by atoms with Crippen molar-refractivity contribution in [3.8, 4) is 5.75 Å². The average Bonchev–Trinajstić information content (AvgIpc) is 3.21. The fourth-order valence-electron chi connectivity index (χ4n) is 5.50. The van der Waals surface area contributed by atoms with E-state index in [-0.39, 0.29) is 18.2 Å². The summed E-state index contributed by atoms with van der Waals surface area (Å²) in [6.07, 6.45) is 0.588. The number of benzene rings is 2. The van der Waals surface area contributed by atoms with Gasteiger partial charge in [0, 0.05) is 56.8 Å². The Morgan fingerprint density at radius 1 is 0.946 bits per heavy atom. The van der Waals surface area contributed by atoms with Crippen LogP contribution < -0.4 is 10.1 Å². The molecule has 0 saturated carbocycles. The van der Waals surface area contributed by atoms with Crippen LogP contribution in [0.25, 0.3) is 0 Å². The molecule has 0 aliphatic carbocycles. The molecule has 2 aromatic rings. The van der Waals surface area contributed by atoms with Crippen molar-refractivity contribution >= 4 is 17.7 Å². The molecule has 3 amide bonds. The third kappa shape index (κ3) is 5.86. The Bertz CT molecular complexity index is 1150. The fourth-order valence-corrected chi connectivity index (χ4v) is 5.50. The number of hydrogen-bond donors (Lipinski definition) is 1. The highest BCUT2D eigenvalue weighted by molar-refractivity contribution is 6.05. The van der Waals surface area contributed by atoms with E-state index in [0.717, 1.165) is 43.9 Å². The number of fused-ring (bicyclic) bond motifs is 1. The van der Waals surface area contributed by atoms with Crippen molar-refractivity contribution in [2.24, 2.45) is 5.92 Å². The second-order valence-electron chi connectivity index (χ2n) is 10.8. The van der Waals surface area contributed by atoms with Crippen molar-refractivity contribution < 1.29 is 19.1 Å². The van der Waals surface area contributed by atoms with Gasteiger partial charge in [0.15, 0.2) is 0 Å². The van der Waals surface area contributed by atoms with Gasteiger partial charge in [-0.25, -0.2) is 0 Å². The lowest BCUT2D eigenvalue weighted by atomic mass is 10.0. The molecule has 1 unspecified atom stereocenters. The van der Waals surface area contributed by atoms with E-state index in [4.69, 9.17) is 4.74 Å². The molecule has 37 heavy (non-hydrogen) atoms. The lowest BCUT2D eigenvalue weighted by Gasteiger charge is -2.35. The second-order valence-corrected chi connectivity index (χ2v) is 10.8. The van der Waals surface area contributed by atoms with Gasteiger partial charge >= 0.3 is 0 Å². The molecular weight excluding hydrogens is 468 g/mol. The third-order valence-electron chi connectivity index (χ3n) is 7.45. The summed E-state index contributed by atoms with van der Waals surface area (Å²) < 4.78 is 6.15. The van der Waals surface area contributed by atoms with E-state index in [9.17, 15) is 14.4 Å². The number of rotatable bonds is 8. The summed E-state index contributed by atoms with van der Waals surface area (Å²) in [4.78, 5) is 43.5. The molecule has 0 bridgehead atoms. The molecule has 0 aromatic heterocycles. The summed E-state index contributed by atoms with van der Waals surface area (Å²) in [5.74, 6) is 0.485. The zero-order chi connectivity index (χ0) is 25.9. The molecule has 2 fully saturated rings. The van der Waals surface area contributed by atoms with Gasteiger partial charge < -0.3 is 14.5 Å². The normalized spacial score (nSPS) is 20.9. The maximum Gasteiger partial charge on any atom is 0.255 e. The smallest absolute Gasteiger partial charge is 0.255 e. The number of ether oxygens (including phenoxy) is 1. The Kier molecular flexibility index (Phi) is 7.58. The largest absolute Gasteiger partial charge is 0.489 e. The summed E-state index contributed by atoms with van der Waals surface area (Å²) in [5, 5.41) is 2.35. The zero-order valence-electron chi connectivity index (χ0n) is 21.7. The molecule has 196 valence electrons. The quantitative estimate of drug-likeness (QED) is 0.557. The van der Waals surface area contributed by atoms with Crippen LogP contribution in [0.2, 0.25) is 0 Å². The Hall–Kier alpha value is -3.23. The zero-order valence-corrected chi connectivity index (χ0v) is 21.7. The minimum absolute atomic E-state index is 0.190. The van der Waals surface area contributed by atoms with Gasteiger partial charge in [0.1, 0.15) is 18.4 Å². The number of carbonyl (C=O) groups is 3. The molecule has 2 saturated heterocycles. The lowest BCUT2D eigenvalue weighted by molar-refractivity contribution is -0.136. The van der Waals surface area contributed by atoms with E-state index in [0.29, 0.717) is 36.8 Å². The van der Waals surface area contributed by atoms with Crippen LogP contribution in [-0.2, 0) is 29.3 Å². The van der Waals surface area contributed by atoms with E-state index in [2.05, 4.69) is 53.2 Å². The SMILES string of the molecule is CC(C)CN1CCN(Cc2ccc(COc3cccc4c3CN(C3CCC(=O)NC3=O)C4=O)cc2)CC1. The summed E-state index contributed by atoms with van der Waals surface area (Å²) in [7, 11) is 0. The highest BCUT2D eigenvalue weighted by Crippen LogP contribution is 2.34. The van der Waals surface area contributed by atoms with Crippen molar-refractivity contribution in [3.05, 3.63) is 64.7 Å². The van der Waals surface area contributed by atoms with Gasteiger partial charge in [0.2, 0.25) is 11.8 Å². The monoisotopic (exact) mass is 504 g/mol. The Labute approximate surface area is 218 Å². The first-order chi connectivity index (χ1) is 17.9. The number of amides is 3. The maximum absolute atomic E-state index is 13.0. The lowest BCUT2D eigenvalue weighted by Crippen LogP contribution is -2.52. The van der Waals surface area contributed by atoms with Crippen LogP contribution in [0.5, 0.6) is 5.75 Å². The van der Waals surface area contributed by atoms with Crippen molar-refractivity contribution in [3.63, 3.8) is 0 Å². The topological polar surface area (TPSA) is 82.2 Å². The average molecular weight is 505 g/mol. The molecule has 8 heteroatoms. The van der Waals surface area contributed by atoms with E-state index in [1.165, 1.54) is 12.1 Å². The summed E-state index contributed by atoms with van der Waals surface area (Å²) in [6.45, 7) is 11.9. The second kappa shape index (κ2) is 11.0. The highest BCUT2D eigenvalue weighted by atomic mass is 16.5. The Balaban J connectivity index is 1.16. The molecule has 0 spiro atoms. The van der Waals surface area contributed by atoms with Crippen LogP contribution in [0.15, 0.2) is 42.5 Å². The number of nitrogens with zero attached hydrogens (tertiary/aromatic N) is 3. The first-order valence-corrected chi connectivity index (χ1v) is 13.3. The summed E-state index contributed by atoms with van der Waals surface area (Å²) >= 11 is 0. The number of piperazine rings is 1. The molecule has 8 nitrogen and oxygen atoms in total. The molecule has 1 N–H and O–H groups in total. The first-order valence-electron chi connectivity index (χ1n) is 13.3. The van der Waals surface area contributed by atoms with E-state index >= 15 is 0 Å². The van der Waals surface area contributed by atoms with Gasteiger partial charge in [-0.05, 0) is 35.6 Å². The number of hydrogen-bond acceptors (Lipinski definition) is 6. The summed E-state index contributed by atoms with van der Waals surface area (Å²) in [5.41, 5.74) is 3.72. The minimum Gasteiger partial charge on any atom is -0.489 e. The number of imide groups is 1. The van der Waals surface area contributed by atoms with Gasteiger partial charge in [0.25, 0.3) is 5.91 Å². The third-order valence-corrected chi connectivity index (χ3v) is 7.45. The van der Waals surface area contributed by atoms with Crippen molar-refractivity contribution in [1.29, 1.82) is 0 Å². The van der Waals surface area contributed by atoms with Crippen molar-refractivity contribution in [1.82, 2.24) is 20.0 Å². The molecular formula is C29H36N4O4. The maximum atomic E-state index is 13.0. The molecule has 3 aliphatic heterocycles.